The molecule has 0 saturated carbocycles. The molecule has 0 radical (unpaired) electrons. The molecule has 0 fully saturated rings. The number of para-hydroxylation sites is 1. The van der Waals surface area contributed by atoms with Crippen molar-refractivity contribution in [2.75, 3.05) is 5.75 Å². The highest BCUT2D eigenvalue weighted by Crippen LogP contribution is 2.31. The van der Waals surface area contributed by atoms with Crippen molar-refractivity contribution in [3.63, 3.8) is 0 Å². The van der Waals surface area contributed by atoms with E-state index in [0.29, 0.717) is 27.6 Å². The molecule has 7 nitrogen and oxygen atoms in total. The summed E-state index contributed by atoms with van der Waals surface area (Å²) in [5.74, 6) is -0.863. The van der Waals surface area contributed by atoms with Gasteiger partial charge in [-0.1, -0.05) is 54.2 Å². The first kappa shape index (κ1) is 18.5. The van der Waals surface area contributed by atoms with Gasteiger partial charge in [0.25, 0.3) is 0 Å². The highest BCUT2D eigenvalue weighted by Gasteiger charge is 2.14. The topological polar surface area (TPSA) is 123 Å². The molecule has 0 amide bonds. The number of carboxylic acid groups (broad SMARTS) is 1. The summed E-state index contributed by atoms with van der Waals surface area (Å²) in [4.78, 5) is 22.6. The quantitative estimate of drug-likeness (QED) is 0.430. The summed E-state index contributed by atoms with van der Waals surface area (Å²) in [7, 11) is 0. The minimum Gasteiger partial charge on any atom is -0.507 e. The number of aliphatic carboxylic acids is 1. The number of hydrogen-bond donors (Lipinski definition) is 3. The third-order valence-corrected chi connectivity index (χ3v) is 5.14. The third kappa shape index (κ3) is 3.77. The van der Waals surface area contributed by atoms with Crippen molar-refractivity contribution in [2.24, 2.45) is 0 Å². The number of nitrogens with zero attached hydrogens (tertiary/aromatic N) is 3. The summed E-state index contributed by atoms with van der Waals surface area (Å²) in [5, 5.41) is 28.8. The molecular formula is C21H14N4O3S. The van der Waals surface area contributed by atoms with Crippen LogP contribution in [-0.4, -0.2) is 36.9 Å². The number of nitriles is 1. The first-order chi connectivity index (χ1) is 14.0. The van der Waals surface area contributed by atoms with Crippen molar-refractivity contribution >= 4 is 28.9 Å². The number of imidazole rings is 1. The fourth-order valence-electron chi connectivity index (χ4n) is 2.95. The number of phenolic OH excluding ortho intramolecular Hbond substituents is 1. The number of aromatic amines is 1. The van der Waals surface area contributed by atoms with E-state index >= 15 is 0 Å². The molecule has 2 heterocycles. The summed E-state index contributed by atoms with van der Waals surface area (Å²) in [6.45, 7) is 0. The maximum atomic E-state index is 10.7. The van der Waals surface area contributed by atoms with E-state index in [4.69, 9.17) is 5.11 Å². The molecule has 0 bridgehead atoms. The van der Waals surface area contributed by atoms with Crippen LogP contribution in [0.3, 0.4) is 0 Å². The van der Waals surface area contributed by atoms with Crippen LogP contribution < -0.4 is 0 Å². The number of nitrogens with one attached hydrogen (secondary N) is 1. The lowest BCUT2D eigenvalue weighted by molar-refractivity contribution is -0.133. The van der Waals surface area contributed by atoms with Gasteiger partial charge in [-0.2, -0.15) is 5.26 Å². The van der Waals surface area contributed by atoms with E-state index in [1.165, 1.54) is 0 Å². The SMILES string of the molecule is N#Cc1cc2[nH]c(SCC(=O)O)nc2nc1-c1ccc(-c2ccccc2O)cc1. The number of benzene rings is 2. The lowest BCUT2D eigenvalue weighted by atomic mass is 10.0. The van der Waals surface area contributed by atoms with Gasteiger partial charge in [-0.15, -0.1) is 0 Å². The Morgan fingerprint density at radius 3 is 2.52 bits per heavy atom. The Labute approximate surface area is 169 Å². The van der Waals surface area contributed by atoms with Gasteiger partial charge in [-0.3, -0.25) is 4.79 Å². The standard InChI is InChI=1S/C21H14N4O3S/c22-10-14-9-16-20(25-21(23-16)29-11-18(27)28)24-19(14)13-7-5-12(6-8-13)15-3-1-2-4-17(15)26/h1-9,26H,11H2,(H,27,28)(H,23,24,25). The van der Waals surface area contributed by atoms with E-state index in [9.17, 15) is 15.2 Å². The first-order valence-electron chi connectivity index (χ1n) is 8.59. The Bertz CT molecular complexity index is 1260. The zero-order chi connectivity index (χ0) is 20.4. The van der Waals surface area contributed by atoms with Crippen LogP contribution in [0.15, 0.2) is 59.8 Å². The van der Waals surface area contributed by atoms with Crippen LogP contribution >= 0.6 is 11.8 Å². The number of phenols is 1. The summed E-state index contributed by atoms with van der Waals surface area (Å²) >= 11 is 1.06. The molecule has 3 N–H and O–H groups in total. The molecular weight excluding hydrogens is 388 g/mol. The number of pyridine rings is 1. The highest BCUT2D eigenvalue weighted by atomic mass is 32.2. The summed E-state index contributed by atoms with van der Waals surface area (Å²) < 4.78 is 0. The molecule has 142 valence electrons. The predicted octanol–water partition coefficient (Wildman–Crippen LogP) is 4.05. The molecule has 0 atom stereocenters. The normalized spacial score (nSPS) is 10.7. The Balaban J connectivity index is 1.72. The van der Waals surface area contributed by atoms with Crippen LogP contribution in [0.2, 0.25) is 0 Å². The minimum atomic E-state index is -0.939. The van der Waals surface area contributed by atoms with Gasteiger partial charge in [0.1, 0.15) is 11.8 Å². The highest BCUT2D eigenvalue weighted by molar-refractivity contribution is 7.99. The van der Waals surface area contributed by atoms with Crippen molar-refractivity contribution in [3.8, 4) is 34.2 Å². The first-order valence-corrected chi connectivity index (χ1v) is 9.58. The van der Waals surface area contributed by atoms with Crippen LogP contribution in [0.25, 0.3) is 33.5 Å². The Kier molecular flexibility index (Phi) is 4.89. The lowest BCUT2D eigenvalue weighted by Crippen LogP contribution is -1.97. The number of aromatic hydroxyl groups is 1. The largest absolute Gasteiger partial charge is 0.507 e. The minimum absolute atomic E-state index is 0.119. The van der Waals surface area contributed by atoms with Crippen molar-refractivity contribution < 1.29 is 15.0 Å². The van der Waals surface area contributed by atoms with E-state index in [0.717, 1.165) is 28.5 Å². The van der Waals surface area contributed by atoms with Gasteiger partial charge in [0.2, 0.25) is 0 Å². The van der Waals surface area contributed by atoms with Crippen molar-refractivity contribution in [2.45, 2.75) is 5.16 Å². The third-order valence-electron chi connectivity index (χ3n) is 4.28. The fraction of sp³-hybridized carbons (Fsp3) is 0.0476. The number of rotatable bonds is 5. The number of aromatic nitrogens is 3. The number of thioether (sulfide) groups is 1. The van der Waals surface area contributed by atoms with E-state index in [1.54, 1.807) is 18.2 Å². The number of fused-ring (bicyclic) bond motifs is 1. The van der Waals surface area contributed by atoms with Crippen LogP contribution in [0, 0.1) is 11.3 Å². The Hall–Kier alpha value is -3.83. The molecule has 0 unspecified atom stereocenters. The second-order valence-corrected chi connectivity index (χ2v) is 7.15. The van der Waals surface area contributed by atoms with Gasteiger partial charge in [0, 0.05) is 11.1 Å². The van der Waals surface area contributed by atoms with Gasteiger partial charge in [-0.25, -0.2) is 9.97 Å². The van der Waals surface area contributed by atoms with Crippen LogP contribution in [-0.2, 0) is 4.79 Å². The van der Waals surface area contributed by atoms with Gasteiger partial charge < -0.3 is 15.2 Å². The average molecular weight is 402 g/mol. The van der Waals surface area contributed by atoms with Crippen LogP contribution in [0.4, 0.5) is 0 Å². The summed E-state index contributed by atoms with van der Waals surface area (Å²) in [6.07, 6.45) is 0. The smallest absolute Gasteiger partial charge is 0.313 e. The fourth-order valence-corrected chi connectivity index (χ4v) is 3.54. The summed E-state index contributed by atoms with van der Waals surface area (Å²) in [6, 6.07) is 18.3. The van der Waals surface area contributed by atoms with Crippen LogP contribution in [0.1, 0.15) is 5.56 Å². The second-order valence-electron chi connectivity index (χ2n) is 6.19. The lowest BCUT2D eigenvalue weighted by Gasteiger charge is -2.07. The second kappa shape index (κ2) is 7.66. The number of hydrogen-bond acceptors (Lipinski definition) is 6. The Morgan fingerprint density at radius 1 is 1.10 bits per heavy atom. The van der Waals surface area contributed by atoms with Gasteiger partial charge in [0.05, 0.1) is 22.5 Å². The van der Waals surface area contributed by atoms with Crippen LogP contribution in [0.5, 0.6) is 5.75 Å². The van der Waals surface area contributed by atoms with Gasteiger partial charge in [-0.05, 0) is 17.7 Å². The number of carbonyl (C=O) groups is 1. The monoisotopic (exact) mass is 402 g/mol. The molecule has 2 aromatic heterocycles. The van der Waals surface area contributed by atoms with Crippen molar-refractivity contribution in [3.05, 3.63) is 60.2 Å². The van der Waals surface area contributed by atoms with E-state index < -0.39 is 5.97 Å². The van der Waals surface area contributed by atoms with Crippen molar-refractivity contribution in [1.29, 1.82) is 5.26 Å². The summed E-state index contributed by atoms with van der Waals surface area (Å²) in [5.41, 5.74) is 4.16. The van der Waals surface area contributed by atoms with E-state index in [1.807, 2.05) is 36.4 Å². The predicted molar refractivity (Wildman–Crippen MR) is 110 cm³/mol. The number of carboxylic acids is 1. The van der Waals surface area contributed by atoms with Crippen molar-refractivity contribution in [1.82, 2.24) is 15.0 Å². The maximum absolute atomic E-state index is 10.7. The number of H-pyrrole nitrogens is 1. The molecule has 4 rings (SSSR count). The molecule has 0 aliphatic carbocycles. The molecule has 0 spiro atoms. The zero-order valence-electron chi connectivity index (χ0n) is 15.0. The molecule has 8 heteroatoms. The molecule has 0 saturated heterocycles. The molecule has 0 aliphatic heterocycles. The Morgan fingerprint density at radius 2 is 1.83 bits per heavy atom. The van der Waals surface area contributed by atoms with E-state index in [2.05, 4.69) is 21.0 Å². The molecule has 2 aromatic carbocycles. The van der Waals surface area contributed by atoms with Gasteiger partial charge >= 0.3 is 5.97 Å². The molecule has 0 aliphatic rings. The molecule has 4 aromatic rings. The average Bonchev–Trinajstić information content (AvgIpc) is 3.13. The molecule has 29 heavy (non-hydrogen) atoms. The zero-order valence-corrected chi connectivity index (χ0v) is 15.8. The maximum Gasteiger partial charge on any atom is 0.313 e. The van der Waals surface area contributed by atoms with E-state index in [-0.39, 0.29) is 11.5 Å². The van der Waals surface area contributed by atoms with Gasteiger partial charge in [0.15, 0.2) is 10.8 Å².